The lowest BCUT2D eigenvalue weighted by atomic mass is 9.99. The van der Waals surface area contributed by atoms with E-state index in [-0.39, 0.29) is 35.3 Å². The van der Waals surface area contributed by atoms with Crippen molar-refractivity contribution in [1.82, 2.24) is 16.2 Å². The molecule has 0 bridgehead atoms. The van der Waals surface area contributed by atoms with E-state index >= 15 is 0 Å². The van der Waals surface area contributed by atoms with Gasteiger partial charge in [0, 0.05) is 24.8 Å². The van der Waals surface area contributed by atoms with Gasteiger partial charge in [0.05, 0.1) is 22.1 Å². The molecule has 26 heavy (non-hydrogen) atoms. The van der Waals surface area contributed by atoms with E-state index in [1.807, 2.05) is 11.0 Å². The SMILES string of the molecule is CC(C)C1NNC(C(=O)Nc2ccc(N3CCNC(=O)C3)c(Cl)c2)C1Br. The zero-order chi connectivity index (χ0) is 18.8. The molecule has 0 radical (unpaired) electrons. The predicted molar refractivity (Wildman–Crippen MR) is 107 cm³/mol. The molecule has 142 valence electrons. The Labute approximate surface area is 166 Å². The molecule has 2 amide bonds. The van der Waals surface area contributed by atoms with E-state index in [0.717, 1.165) is 5.69 Å². The van der Waals surface area contributed by atoms with Crippen LogP contribution in [0.2, 0.25) is 5.02 Å². The second kappa shape index (κ2) is 8.12. The summed E-state index contributed by atoms with van der Waals surface area (Å²) >= 11 is 10.00. The number of piperazine rings is 1. The Bertz CT molecular complexity index is 702. The number of halogens is 2. The Kier molecular flexibility index (Phi) is 6.06. The Morgan fingerprint density at radius 3 is 2.77 bits per heavy atom. The normalized spacial score (nSPS) is 26.1. The maximum absolute atomic E-state index is 12.6. The largest absolute Gasteiger partial charge is 0.359 e. The third-order valence-corrected chi connectivity index (χ3v) is 6.06. The Morgan fingerprint density at radius 2 is 2.15 bits per heavy atom. The Morgan fingerprint density at radius 1 is 1.38 bits per heavy atom. The Hall–Kier alpha value is -1.35. The molecular formula is C17H23BrClN5O2. The molecule has 2 saturated heterocycles. The van der Waals surface area contributed by atoms with Crippen LogP contribution in [0.15, 0.2) is 18.2 Å². The number of nitrogens with zero attached hydrogens (tertiary/aromatic N) is 1. The molecule has 0 saturated carbocycles. The van der Waals surface area contributed by atoms with Crippen molar-refractivity contribution < 1.29 is 9.59 Å². The smallest absolute Gasteiger partial charge is 0.244 e. The maximum Gasteiger partial charge on any atom is 0.244 e. The van der Waals surface area contributed by atoms with Crippen molar-refractivity contribution in [2.24, 2.45) is 5.92 Å². The number of alkyl halides is 1. The number of rotatable bonds is 4. The number of hydrogen-bond donors (Lipinski definition) is 4. The number of amides is 2. The summed E-state index contributed by atoms with van der Waals surface area (Å²) in [5.74, 6) is 0.233. The van der Waals surface area contributed by atoms with Crippen molar-refractivity contribution >= 4 is 50.7 Å². The third kappa shape index (κ3) is 4.14. The van der Waals surface area contributed by atoms with E-state index in [4.69, 9.17) is 11.6 Å². The highest BCUT2D eigenvalue weighted by Crippen LogP contribution is 2.30. The fourth-order valence-corrected chi connectivity index (χ4v) is 4.62. The minimum atomic E-state index is -0.383. The molecule has 0 aliphatic carbocycles. The van der Waals surface area contributed by atoms with E-state index in [1.54, 1.807) is 12.1 Å². The number of nitrogens with one attached hydrogen (secondary N) is 4. The summed E-state index contributed by atoms with van der Waals surface area (Å²) in [4.78, 5) is 26.1. The molecule has 3 atom stereocenters. The number of carbonyl (C=O) groups excluding carboxylic acids is 2. The minimum Gasteiger partial charge on any atom is -0.359 e. The molecule has 2 heterocycles. The summed E-state index contributed by atoms with van der Waals surface area (Å²) in [5, 5.41) is 6.19. The van der Waals surface area contributed by atoms with Crippen molar-refractivity contribution in [3.63, 3.8) is 0 Å². The Balaban J connectivity index is 1.66. The summed E-state index contributed by atoms with van der Waals surface area (Å²) in [6.07, 6.45) is 0. The van der Waals surface area contributed by atoms with Crippen LogP contribution < -0.4 is 26.4 Å². The van der Waals surface area contributed by atoms with Crippen LogP contribution in [-0.2, 0) is 9.59 Å². The second-order valence-electron chi connectivity index (χ2n) is 6.91. The molecule has 4 N–H and O–H groups in total. The van der Waals surface area contributed by atoms with Gasteiger partial charge in [0.2, 0.25) is 11.8 Å². The predicted octanol–water partition coefficient (Wildman–Crippen LogP) is 1.48. The zero-order valence-electron chi connectivity index (χ0n) is 14.7. The lowest BCUT2D eigenvalue weighted by Crippen LogP contribution is -2.47. The maximum atomic E-state index is 12.6. The molecule has 0 spiro atoms. The summed E-state index contributed by atoms with van der Waals surface area (Å²) in [6, 6.07) is 5.14. The first-order valence-corrected chi connectivity index (χ1v) is 9.93. The molecule has 3 unspecified atom stereocenters. The molecule has 3 rings (SSSR count). The van der Waals surface area contributed by atoms with Crippen LogP contribution in [-0.4, -0.2) is 48.4 Å². The molecular weight excluding hydrogens is 422 g/mol. The standard InChI is InChI=1S/C17H23BrClN5O2/c1-9(2)15-14(18)16(23-22-15)17(26)21-10-3-4-12(11(19)7-10)24-6-5-20-13(25)8-24/h3-4,7,9,14-16,22-23H,5-6,8H2,1-2H3,(H,20,25)(H,21,26). The van der Waals surface area contributed by atoms with Gasteiger partial charge in [-0.15, -0.1) is 0 Å². The first-order valence-electron chi connectivity index (χ1n) is 8.64. The van der Waals surface area contributed by atoms with Gasteiger partial charge in [0.15, 0.2) is 0 Å². The highest BCUT2D eigenvalue weighted by atomic mass is 79.9. The van der Waals surface area contributed by atoms with Crippen LogP contribution in [0, 0.1) is 5.92 Å². The topological polar surface area (TPSA) is 85.5 Å². The van der Waals surface area contributed by atoms with E-state index in [1.165, 1.54) is 0 Å². The number of benzene rings is 1. The van der Waals surface area contributed by atoms with Gasteiger partial charge in [-0.05, 0) is 24.1 Å². The molecule has 2 aliphatic rings. The van der Waals surface area contributed by atoms with Crippen LogP contribution in [0.1, 0.15) is 13.8 Å². The van der Waals surface area contributed by atoms with E-state index < -0.39 is 0 Å². The molecule has 9 heteroatoms. The van der Waals surface area contributed by atoms with Crippen LogP contribution >= 0.6 is 27.5 Å². The zero-order valence-corrected chi connectivity index (χ0v) is 17.0. The van der Waals surface area contributed by atoms with Crippen molar-refractivity contribution in [3.05, 3.63) is 23.2 Å². The van der Waals surface area contributed by atoms with Crippen molar-refractivity contribution in [1.29, 1.82) is 0 Å². The fraction of sp³-hybridized carbons (Fsp3) is 0.529. The second-order valence-corrected chi connectivity index (χ2v) is 8.37. The van der Waals surface area contributed by atoms with Crippen molar-refractivity contribution in [3.8, 4) is 0 Å². The van der Waals surface area contributed by atoms with Crippen molar-refractivity contribution in [2.45, 2.75) is 30.8 Å². The molecule has 2 fully saturated rings. The fourth-order valence-electron chi connectivity index (χ4n) is 3.20. The van der Waals surface area contributed by atoms with Gasteiger partial charge in [0.25, 0.3) is 0 Å². The van der Waals surface area contributed by atoms with Crippen LogP contribution in [0.3, 0.4) is 0 Å². The number of anilines is 2. The lowest BCUT2D eigenvalue weighted by Gasteiger charge is -2.29. The molecule has 1 aromatic carbocycles. The number of hydrazine groups is 1. The van der Waals surface area contributed by atoms with E-state index in [2.05, 4.69) is 51.3 Å². The van der Waals surface area contributed by atoms with Crippen LogP contribution in [0.25, 0.3) is 0 Å². The minimum absolute atomic E-state index is 0.0101. The van der Waals surface area contributed by atoms with Gasteiger partial charge < -0.3 is 15.5 Å². The monoisotopic (exact) mass is 443 g/mol. The average Bonchev–Trinajstić information content (AvgIpc) is 2.97. The molecule has 7 nitrogen and oxygen atoms in total. The van der Waals surface area contributed by atoms with Crippen molar-refractivity contribution in [2.75, 3.05) is 29.9 Å². The van der Waals surface area contributed by atoms with Gasteiger partial charge in [-0.25, -0.2) is 5.43 Å². The molecule has 1 aromatic rings. The summed E-state index contributed by atoms with van der Waals surface area (Å²) in [5.41, 5.74) is 7.62. The lowest BCUT2D eigenvalue weighted by molar-refractivity contribution is -0.120. The van der Waals surface area contributed by atoms with Gasteiger partial charge in [0.1, 0.15) is 6.04 Å². The van der Waals surface area contributed by atoms with Crippen LogP contribution in [0.4, 0.5) is 11.4 Å². The molecule has 2 aliphatic heterocycles. The van der Waals surface area contributed by atoms with E-state index in [0.29, 0.717) is 29.7 Å². The number of hydrogen-bond acceptors (Lipinski definition) is 5. The van der Waals surface area contributed by atoms with Crippen LogP contribution in [0.5, 0.6) is 0 Å². The summed E-state index contributed by atoms with van der Waals surface area (Å²) in [7, 11) is 0. The van der Waals surface area contributed by atoms with Gasteiger partial charge in [-0.2, -0.15) is 0 Å². The average molecular weight is 445 g/mol. The first-order chi connectivity index (χ1) is 12.4. The van der Waals surface area contributed by atoms with Gasteiger partial charge >= 0.3 is 0 Å². The highest BCUT2D eigenvalue weighted by molar-refractivity contribution is 9.09. The third-order valence-electron chi connectivity index (χ3n) is 4.66. The van der Waals surface area contributed by atoms with Gasteiger partial charge in [-0.1, -0.05) is 41.4 Å². The van der Waals surface area contributed by atoms with E-state index in [9.17, 15) is 9.59 Å². The summed E-state index contributed by atoms with van der Waals surface area (Å²) < 4.78 is 0. The highest BCUT2D eigenvalue weighted by Gasteiger charge is 2.39. The quantitative estimate of drug-likeness (QED) is 0.529. The number of carbonyl (C=O) groups is 2. The summed E-state index contributed by atoms with van der Waals surface area (Å²) in [6.45, 7) is 5.79. The molecule has 0 aromatic heterocycles. The first kappa shape index (κ1) is 19.4. The van der Waals surface area contributed by atoms with Gasteiger partial charge in [-0.3, -0.25) is 15.0 Å².